The summed E-state index contributed by atoms with van der Waals surface area (Å²) in [6.45, 7) is 1.20. The largest absolute Gasteiger partial charge is 0.387 e. The van der Waals surface area contributed by atoms with Crippen LogP contribution in [0.15, 0.2) is 36.7 Å². The first kappa shape index (κ1) is 15.7. The fourth-order valence-corrected chi connectivity index (χ4v) is 4.60. The van der Waals surface area contributed by atoms with Gasteiger partial charge in [-0.2, -0.15) is 5.10 Å². The van der Waals surface area contributed by atoms with Crippen LogP contribution in [0, 0.1) is 5.92 Å². The molecule has 0 bridgehead atoms. The highest BCUT2D eigenvalue weighted by Crippen LogP contribution is 2.37. The van der Waals surface area contributed by atoms with Gasteiger partial charge in [-0.1, -0.05) is 0 Å². The highest BCUT2D eigenvalue weighted by atomic mass is 32.1. The van der Waals surface area contributed by atoms with Crippen LogP contribution in [0.3, 0.4) is 0 Å². The van der Waals surface area contributed by atoms with Gasteiger partial charge in [0.2, 0.25) is 0 Å². The molecule has 1 aliphatic heterocycles. The number of pyridine rings is 2. The normalized spacial score (nSPS) is 18.7. The second-order valence-electron chi connectivity index (χ2n) is 6.91. The van der Waals surface area contributed by atoms with Gasteiger partial charge in [0.25, 0.3) is 0 Å². The van der Waals surface area contributed by atoms with Crippen LogP contribution in [0.1, 0.15) is 25.2 Å². The third-order valence-corrected chi connectivity index (χ3v) is 6.08. The molecule has 4 aromatic heterocycles. The monoisotopic (exact) mass is 381 g/mol. The summed E-state index contributed by atoms with van der Waals surface area (Å²) in [5.41, 5.74) is 2.45. The number of fused-ring (bicyclic) bond motifs is 2. The Bertz CT molecular complexity index is 1160. The van der Waals surface area contributed by atoms with E-state index in [1.54, 1.807) is 10.9 Å². The average molecular weight is 381 g/mol. The van der Waals surface area contributed by atoms with Crippen molar-refractivity contribution in [3.8, 4) is 11.3 Å². The Labute approximate surface area is 161 Å². The SMILES string of the molecule is [2H]C(O)(c1cc2ccc(-c3cnc4nn(C)cc4c3)nc2s1)C1CCOCC1. The van der Waals surface area contributed by atoms with E-state index in [1.165, 1.54) is 11.3 Å². The van der Waals surface area contributed by atoms with E-state index in [0.29, 0.717) is 36.6 Å². The molecule has 1 aliphatic rings. The Kier molecular flexibility index (Phi) is 3.87. The van der Waals surface area contributed by atoms with Crippen molar-refractivity contribution in [2.24, 2.45) is 13.0 Å². The van der Waals surface area contributed by atoms with Gasteiger partial charge >= 0.3 is 0 Å². The number of nitrogens with zero attached hydrogens (tertiary/aromatic N) is 4. The first-order valence-electron chi connectivity index (χ1n) is 9.52. The minimum absolute atomic E-state index is 0.119. The second-order valence-corrected chi connectivity index (χ2v) is 7.94. The number of aliphatic hydroxyl groups is 1. The molecule has 138 valence electrons. The van der Waals surface area contributed by atoms with Crippen LogP contribution in [-0.2, 0) is 11.8 Å². The zero-order valence-electron chi connectivity index (χ0n) is 15.9. The Hall–Kier alpha value is -2.35. The zero-order chi connectivity index (χ0) is 19.3. The number of aromatic nitrogens is 4. The van der Waals surface area contributed by atoms with Gasteiger partial charge < -0.3 is 9.84 Å². The topological polar surface area (TPSA) is 73.1 Å². The van der Waals surface area contributed by atoms with Gasteiger partial charge in [0.15, 0.2) is 5.65 Å². The van der Waals surface area contributed by atoms with E-state index < -0.39 is 6.08 Å². The van der Waals surface area contributed by atoms with E-state index in [2.05, 4.69) is 10.1 Å². The van der Waals surface area contributed by atoms with Crippen LogP contribution in [-0.4, -0.2) is 38.1 Å². The molecule has 4 aromatic rings. The van der Waals surface area contributed by atoms with Crippen LogP contribution in [0.5, 0.6) is 0 Å². The molecule has 1 atom stereocenters. The smallest absolute Gasteiger partial charge is 0.181 e. The predicted molar refractivity (Wildman–Crippen MR) is 106 cm³/mol. The highest BCUT2D eigenvalue weighted by Gasteiger charge is 2.25. The lowest BCUT2D eigenvalue weighted by atomic mass is 9.93. The molecule has 1 saturated heterocycles. The number of aryl methyl sites for hydroxylation is 1. The number of thiophene rings is 1. The van der Waals surface area contributed by atoms with E-state index in [4.69, 9.17) is 11.1 Å². The van der Waals surface area contributed by atoms with Gasteiger partial charge in [0.1, 0.15) is 4.83 Å². The van der Waals surface area contributed by atoms with Gasteiger partial charge in [0, 0.05) is 53.9 Å². The van der Waals surface area contributed by atoms with Crippen LogP contribution < -0.4 is 0 Å². The fourth-order valence-electron chi connectivity index (χ4n) is 3.55. The number of hydrogen-bond acceptors (Lipinski definition) is 6. The summed E-state index contributed by atoms with van der Waals surface area (Å²) in [5.74, 6) is -0.119. The third kappa shape index (κ3) is 3.12. The van der Waals surface area contributed by atoms with Crippen LogP contribution in [0.25, 0.3) is 32.5 Å². The van der Waals surface area contributed by atoms with Crippen molar-refractivity contribution < 1.29 is 11.2 Å². The van der Waals surface area contributed by atoms with E-state index in [1.807, 2.05) is 37.5 Å². The Morgan fingerprint density at radius 3 is 3.00 bits per heavy atom. The Balaban J connectivity index is 1.52. The summed E-state index contributed by atoms with van der Waals surface area (Å²) in [4.78, 5) is 10.6. The van der Waals surface area contributed by atoms with Crippen molar-refractivity contribution in [1.29, 1.82) is 0 Å². The average Bonchev–Trinajstić information content (AvgIpc) is 3.30. The maximum absolute atomic E-state index is 10.9. The van der Waals surface area contributed by atoms with Crippen LogP contribution in [0.4, 0.5) is 0 Å². The molecule has 0 radical (unpaired) electrons. The molecular weight excluding hydrogens is 360 g/mol. The number of rotatable bonds is 3. The molecule has 0 saturated carbocycles. The molecule has 7 heteroatoms. The molecule has 0 aliphatic carbocycles. The fraction of sp³-hybridized carbons (Fsp3) is 0.350. The standard InChI is InChI=1S/C20H20N4O2S/c1-24-11-15-8-14(10-21-19(15)23-24)16-3-2-13-9-17(27-20(13)22-16)18(25)12-4-6-26-7-5-12/h2-3,8-12,18,25H,4-7H2,1H3/i18D. The lowest BCUT2D eigenvalue weighted by Crippen LogP contribution is -2.21. The summed E-state index contributed by atoms with van der Waals surface area (Å²) in [5, 5.41) is 17.1. The number of hydrogen-bond donors (Lipinski definition) is 1. The molecule has 6 nitrogen and oxygen atoms in total. The van der Waals surface area contributed by atoms with Crippen molar-refractivity contribution in [2.75, 3.05) is 13.2 Å². The van der Waals surface area contributed by atoms with Crippen molar-refractivity contribution in [3.05, 3.63) is 41.5 Å². The summed E-state index contributed by atoms with van der Waals surface area (Å²) < 4.78 is 15.7. The first-order valence-corrected chi connectivity index (χ1v) is 9.83. The molecule has 0 amide bonds. The maximum atomic E-state index is 10.9. The minimum Gasteiger partial charge on any atom is -0.387 e. The molecule has 5 rings (SSSR count). The zero-order valence-corrected chi connectivity index (χ0v) is 15.7. The van der Waals surface area contributed by atoms with E-state index in [9.17, 15) is 5.11 Å². The molecule has 27 heavy (non-hydrogen) atoms. The van der Waals surface area contributed by atoms with Crippen LogP contribution in [0.2, 0.25) is 0 Å². The summed E-state index contributed by atoms with van der Waals surface area (Å²) in [6, 6.07) is 7.86. The Morgan fingerprint density at radius 1 is 1.30 bits per heavy atom. The summed E-state index contributed by atoms with van der Waals surface area (Å²) in [6.07, 6.45) is 3.50. The maximum Gasteiger partial charge on any atom is 0.181 e. The summed E-state index contributed by atoms with van der Waals surface area (Å²) >= 11 is 1.39. The molecule has 1 fully saturated rings. The van der Waals surface area contributed by atoms with Gasteiger partial charge in [-0.3, -0.25) is 4.68 Å². The summed E-state index contributed by atoms with van der Waals surface area (Å²) in [7, 11) is 1.87. The minimum atomic E-state index is -1.61. The van der Waals surface area contributed by atoms with Crippen molar-refractivity contribution >= 4 is 32.6 Å². The predicted octanol–water partition coefficient (Wildman–Crippen LogP) is 3.71. The quantitative estimate of drug-likeness (QED) is 0.586. The van der Waals surface area contributed by atoms with Gasteiger partial charge in [0.05, 0.1) is 13.1 Å². The Morgan fingerprint density at radius 2 is 2.15 bits per heavy atom. The van der Waals surface area contributed by atoms with Gasteiger partial charge in [-0.15, -0.1) is 11.3 Å². The first-order chi connectivity index (χ1) is 13.5. The third-order valence-electron chi connectivity index (χ3n) is 5.01. The lowest BCUT2D eigenvalue weighted by Gasteiger charge is -2.25. The lowest BCUT2D eigenvalue weighted by molar-refractivity contribution is 0.00856. The van der Waals surface area contributed by atoms with Gasteiger partial charge in [-0.05, 0) is 43.0 Å². The van der Waals surface area contributed by atoms with E-state index >= 15 is 0 Å². The molecular formula is C20H20N4O2S. The van der Waals surface area contributed by atoms with Crippen molar-refractivity contribution in [1.82, 2.24) is 19.7 Å². The molecule has 0 spiro atoms. The van der Waals surface area contributed by atoms with Crippen molar-refractivity contribution in [2.45, 2.75) is 18.9 Å². The molecule has 1 unspecified atom stereocenters. The molecule has 5 heterocycles. The van der Waals surface area contributed by atoms with E-state index in [0.717, 1.165) is 26.9 Å². The highest BCUT2D eigenvalue weighted by molar-refractivity contribution is 7.18. The molecule has 0 aromatic carbocycles. The van der Waals surface area contributed by atoms with Crippen LogP contribution >= 0.6 is 11.3 Å². The van der Waals surface area contributed by atoms with Gasteiger partial charge in [-0.25, -0.2) is 9.97 Å². The molecule has 1 N–H and O–H groups in total. The van der Waals surface area contributed by atoms with E-state index in [-0.39, 0.29) is 5.92 Å². The number of ether oxygens (including phenoxy) is 1. The van der Waals surface area contributed by atoms with Crippen molar-refractivity contribution in [3.63, 3.8) is 0 Å². The second kappa shape index (κ2) is 6.67.